The fourth-order valence-electron chi connectivity index (χ4n) is 1.63. The second-order valence-corrected chi connectivity index (χ2v) is 4.75. The Morgan fingerprint density at radius 2 is 1.94 bits per heavy atom. The van der Waals surface area contributed by atoms with Gasteiger partial charge in [-0.3, -0.25) is 4.79 Å². The van der Waals surface area contributed by atoms with Crippen LogP contribution in [0.1, 0.15) is 27.2 Å². The molecule has 0 bridgehead atoms. The quantitative estimate of drug-likeness (QED) is 0.689. The number of hydrogen-bond donors (Lipinski definition) is 0. The summed E-state index contributed by atoms with van der Waals surface area (Å²) in [7, 11) is 0. The van der Waals surface area contributed by atoms with Crippen molar-refractivity contribution in [3.8, 4) is 0 Å². The van der Waals surface area contributed by atoms with Crippen LogP contribution in [0.15, 0.2) is 0 Å². The Balaban J connectivity index is 2.14. The van der Waals surface area contributed by atoms with Gasteiger partial charge in [-0.25, -0.2) is 4.79 Å². The number of amides is 1. The Labute approximate surface area is 102 Å². The minimum Gasteiger partial charge on any atom is -0.466 e. The first-order chi connectivity index (χ1) is 8.02. The fraction of sp³-hybridized carbons (Fsp3) is 0.833. The summed E-state index contributed by atoms with van der Waals surface area (Å²) >= 11 is 0. The lowest BCUT2D eigenvalue weighted by molar-refractivity contribution is -0.145. The zero-order valence-corrected chi connectivity index (χ0v) is 10.8. The van der Waals surface area contributed by atoms with Gasteiger partial charge in [0.15, 0.2) is 0 Å². The van der Waals surface area contributed by atoms with Crippen LogP contribution in [-0.4, -0.2) is 43.3 Å². The molecule has 0 unspecified atom stereocenters. The van der Waals surface area contributed by atoms with E-state index in [1.807, 2.05) is 13.8 Å². The molecule has 0 aliphatic carbocycles. The Bertz CT molecular complexity index is 272. The van der Waals surface area contributed by atoms with Crippen LogP contribution >= 0.6 is 0 Å². The predicted molar refractivity (Wildman–Crippen MR) is 62.5 cm³/mol. The molecule has 0 aromatic carbocycles. The summed E-state index contributed by atoms with van der Waals surface area (Å²) in [4.78, 5) is 24.3. The number of likely N-dealkylation sites (tertiary alicyclic amines) is 1. The lowest BCUT2D eigenvalue weighted by Gasteiger charge is -2.37. The molecule has 0 saturated carbocycles. The normalized spacial score (nSPS) is 15.6. The van der Waals surface area contributed by atoms with Crippen LogP contribution in [0.3, 0.4) is 0 Å². The molecule has 0 aromatic rings. The maximum absolute atomic E-state index is 11.5. The summed E-state index contributed by atoms with van der Waals surface area (Å²) in [6, 6.07) is 0. The topological polar surface area (TPSA) is 55.8 Å². The highest BCUT2D eigenvalue weighted by molar-refractivity contribution is 5.72. The van der Waals surface area contributed by atoms with Crippen LogP contribution in [-0.2, 0) is 14.3 Å². The van der Waals surface area contributed by atoms with Crippen molar-refractivity contribution >= 4 is 12.1 Å². The van der Waals surface area contributed by atoms with Crippen molar-refractivity contribution in [3.63, 3.8) is 0 Å². The summed E-state index contributed by atoms with van der Waals surface area (Å²) in [6.45, 7) is 7.81. The number of esters is 1. The average Bonchev–Trinajstić information content (AvgIpc) is 2.19. The Morgan fingerprint density at radius 1 is 1.29 bits per heavy atom. The van der Waals surface area contributed by atoms with Crippen molar-refractivity contribution in [1.82, 2.24) is 4.90 Å². The maximum Gasteiger partial charge on any atom is 0.409 e. The van der Waals surface area contributed by atoms with Gasteiger partial charge in [-0.2, -0.15) is 0 Å². The van der Waals surface area contributed by atoms with Gasteiger partial charge in [0.25, 0.3) is 0 Å². The van der Waals surface area contributed by atoms with E-state index in [1.165, 1.54) is 0 Å². The largest absolute Gasteiger partial charge is 0.466 e. The van der Waals surface area contributed by atoms with Gasteiger partial charge in [0.2, 0.25) is 0 Å². The average molecular weight is 243 g/mol. The molecule has 0 aromatic heterocycles. The first-order valence-corrected chi connectivity index (χ1v) is 6.10. The highest BCUT2D eigenvalue weighted by atomic mass is 16.6. The standard InChI is InChI=1S/C12H21NO4/c1-4-16-11(14)5-10-6-13(7-10)12(15)17-8-9(2)3/h9-10H,4-8H2,1-3H3. The fourth-order valence-corrected chi connectivity index (χ4v) is 1.63. The molecule has 98 valence electrons. The SMILES string of the molecule is CCOC(=O)CC1CN(C(=O)OCC(C)C)C1. The van der Waals surface area contributed by atoms with Crippen molar-refractivity contribution in [2.45, 2.75) is 27.2 Å². The molecule has 5 heteroatoms. The molecule has 0 atom stereocenters. The first-order valence-electron chi connectivity index (χ1n) is 6.10. The number of hydrogen-bond acceptors (Lipinski definition) is 4. The Kier molecular flexibility index (Phi) is 5.25. The summed E-state index contributed by atoms with van der Waals surface area (Å²) < 4.78 is 9.93. The molecule has 1 rings (SSSR count). The van der Waals surface area contributed by atoms with Crippen molar-refractivity contribution in [2.24, 2.45) is 11.8 Å². The van der Waals surface area contributed by atoms with Crippen LogP contribution in [0.5, 0.6) is 0 Å². The monoisotopic (exact) mass is 243 g/mol. The third-order valence-electron chi connectivity index (χ3n) is 2.52. The van der Waals surface area contributed by atoms with Gasteiger partial charge >= 0.3 is 12.1 Å². The van der Waals surface area contributed by atoms with E-state index in [2.05, 4.69) is 0 Å². The van der Waals surface area contributed by atoms with Gasteiger partial charge in [0.1, 0.15) is 0 Å². The summed E-state index contributed by atoms with van der Waals surface area (Å²) in [5.74, 6) is 0.379. The molecular formula is C12H21NO4. The van der Waals surface area contributed by atoms with Crippen LogP contribution < -0.4 is 0 Å². The van der Waals surface area contributed by atoms with Crippen LogP contribution in [0.2, 0.25) is 0 Å². The highest BCUT2D eigenvalue weighted by Gasteiger charge is 2.33. The minimum atomic E-state index is -0.279. The molecule has 1 saturated heterocycles. The van der Waals surface area contributed by atoms with Gasteiger partial charge < -0.3 is 14.4 Å². The second-order valence-electron chi connectivity index (χ2n) is 4.75. The zero-order valence-electron chi connectivity index (χ0n) is 10.8. The molecule has 0 radical (unpaired) electrons. The van der Waals surface area contributed by atoms with E-state index in [0.29, 0.717) is 38.6 Å². The van der Waals surface area contributed by atoms with E-state index in [4.69, 9.17) is 9.47 Å². The minimum absolute atomic E-state index is 0.187. The molecule has 1 amide bonds. The van der Waals surface area contributed by atoms with Crippen molar-refractivity contribution < 1.29 is 19.1 Å². The van der Waals surface area contributed by atoms with Crippen molar-refractivity contribution in [2.75, 3.05) is 26.3 Å². The number of ether oxygens (including phenoxy) is 2. The Morgan fingerprint density at radius 3 is 2.47 bits per heavy atom. The number of carbonyl (C=O) groups excluding carboxylic acids is 2. The highest BCUT2D eigenvalue weighted by Crippen LogP contribution is 2.20. The van der Waals surface area contributed by atoms with Crippen LogP contribution in [0.4, 0.5) is 4.79 Å². The second kappa shape index (κ2) is 6.47. The number of nitrogens with zero attached hydrogens (tertiary/aromatic N) is 1. The van der Waals surface area contributed by atoms with Crippen molar-refractivity contribution in [1.29, 1.82) is 0 Å². The third kappa shape index (κ3) is 4.63. The summed E-state index contributed by atoms with van der Waals surface area (Å²) in [6.07, 6.45) is 0.112. The first kappa shape index (κ1) is 13.8. The van der Waals surface area contributed by atoms with E-state index in [-0.39, 0.29) is 18.0 Å². The lowest BCUT2D eigenvalue weighted by atomic mass is 9.97. The van der Waals surface area contributed by atoms with Gasteiger partial charge in [-0.15, -0.1) is 0 Å². The predicted octanol–water partition coefficient (Wildman–Crippen LogP) is 1.66. The lowest BCUT2D eigenvalue weighted by Crippen LogP contribution is -2.51. The van der Waals surface area contributed by atoms with E-state index in [1.54, 1.807) is 11.8 Å². The van der Waals surface area contributed by atoms with Gasteiger partial charge in [-0.1, -0.05) is 13.8 Å². The number of carbonyl (C=O) groups is 2. The maximum atomic E-state index is 11.5. The molecule has 0 spiro atoms. The van der Waals surface area contributed by atoms with E-state index in [9.17, 15) is 9.59 Å². The Hall–Kier alpha value is -1.26. The summed E-state index contributed by atoms with van der Waals surface area (Å²) in [5, 5.41) is 0. The summed E-state index contributed by atoms with van der Waals surface area (Å²) in [5.41, 5.74) is 0. The smallest absolute Gasteiger partial charge is 0.409 e. The molecule has 17 heavy (non-hydrogen) atoms. The molecule has 0 N–H and O–H groups in total. The molecule has 1 fully saturated rings. The number of rotatable bonds is 5. The van der Waals surface area contributed by atoms with E-state index >= 15 is 0 Å². The molecule has 1 aliphatic heterocycles. The van der Waals surface area contributed by atoms with Crippen LogP contribution in [0.25, 0.3) is 0 Å². The van der Waals surface area contributed by atoms with Crippen molar-refractivity contribution in [3.05, 3.63) is 0 Å². The molecule has 5 nitrogen and oxygen atoms in total. The van der Waals surface area contributed by atoms with E-state index < -0.39 is 0 Å². The van der Waals surface area contributed by atoms with Gasteiger partial charge in [0, 0.05) is 19.0 Å². The van der Waals surface area contributed by atoms with E-state index in [0.717, 1.165) is 0 Å². The zero-order chi connectivity index (χ0) is 12.8. The molecule has 1 heterocycles. The molecular weight excluding hydrogens is 222 g/mol. The molecule has 1 aliphatic rings. The van der Waals surface area contributed by atoms with Crippen LogP contribution in [0, 0.1) is 11.8 Å². The third-order valence-corrected chi connectivity index (χ3v) is 2.52. The van der Waals surface area contributed by atoms with Gasteiger partial charge in [0.05, 0.1) is 19.6 Å². The van der Waals surface area contributed by atoms with Gasteiger partial charge in [-0.05, 0) is 12.8 Å².